The first kappa shape index (κ1) is 24.9. The molecule has 0 aromatic rings. The Bertz CT molecular complexity index is 727. The van der Waals surface area contributed by atoms with Gasteiger partial charge in [-0.25, -0.2) is 4.79 Å². The van der Waals surface area contributed by atoms with Gasteiger partial charge in [-0.3, -0.25) is 4.79 Å². The summed E-state index contributed by atoms with van der Waals surface area (Å²) in [6.45, 7) is 12.8. The van der Waals surface area contributed by atoms with E-state index in [1.165, 1.54) is 36.5 Å². The molecule has 29 heavy (non-hydrogen) atoms. The first-order valence-electron chi connectivity index (χ1n) is 10.8. The topological polar surface area (TPSA) is 43.4 Å². The fraction of sp³-hybridized carbons (Fsp3) is 0.538. The monoisotopic (exact) mass is 398 g/mol. The fourth-order valence-corrected chi connectivity index (χ4v) is 3.58. The van der Waals surface area contributed by atoms with Gasteiger partial charge < -0.3 is 4.74 Å². The molecule has 0 saturated carbocycles. The third-order valence-electron chi connectivity index (χ3n) is 5.32. The molecular weight excluding hydrogens is 360 g/mol. The average molecular weight is 399 g/mol. The van der Waals surface area contributed by atoms with Crippen LogP contribution >= 0.6 is 0 Å². The Morgan fingerprint density at radius 2 is 1.83 bits per heavy atom. The number of carbonyl (C=O) groups excluding carboxylic acids is 2. The highest BCUT2D eigenvalue weighted by Crippen LogP contribution is 2.40. The van der Waals surface area contributed by atoms with Crippen molar-refractivity contribution in [2.75, 3.05) is 0 Å². The predicted molar refractivity (Wildman–Crippen MR) is 121 cm³/mol. The summed E-state index contributed by atoms with van der Waals surface area (Å²) in [4.78, 5) is 23.4. The summed E-state index contributed by atoms with van der Waals surface area (Å²) in [6.07, 6.45) is 18.3. The van der Waals surface area contributed by atoms with E-state index in [1.807, 2.05) is 25.2 Å². The van der Waals surface area contributed by atoms with Crippen LogP contribution in [0, 0.1) is 5.41 Å². The van der Waals surface area contributed by atoms with E-state index in [2.05, 4.69) is 46.8 Å². The second kappa shape index (κ2) is 12.4. The molecule has 3 nitrogen and oxygen atoms in total. The van der Waals surface area contributed by atoms with Crippen LogP contribution in [0.2, 0.25) is 0 Å². The van der Waals surface area contributed by atoms with Gasteiger partial charge in [0.25, 0.3) is 0 Å². The van der Waals surface area contributed by atoms with Gasteiger partial charge in [-0.05, 0) is 63.0 Å². The largest absolute Gasteiger partial charge is 0.390 e. The van der Waals surface area contributed by atoms with Gasteiger partial charge in [0, 0.05) is 12.5 Å². The zero-order chi connectivity index (χ0) is 21.9. The number of ether oxygens (including phenoxy) is 1. The first-order valence-corrected chi connectivity index (χ1v) is 10.8. The minimum Gasteiger partial charge on any atom is -0.390 e. The summed E-state index contributed by atoms with van der Waals surface area (Å²) >= 11 is 0. The highest BCUT2D eigenvalue weighted by molar-refractivity contribution is 5.92. The minimum absolute atomic E-state index is 0.239. The van der Waals surface area contributed by atoms with Crippen LogP contribution in [0.1, 0.15) is 86.5 Å². The molecule has 0 fully saturated rings. The van der Waals surface area contributed by atoms with E-state index in [9.17, 15) is 9.59 Å². The van der Waals surface area contributed by atoms with Crippen LogP contribution in [-0.4, -0.2) is 11.9 Å². The zero-order valence-corrected chi connectivity index (χ0v) is 19.1. The van der Waals surface area contributed by atoms with E-state index < -0.39 is 11.9 Å². The molecule has 0 atom stereocenters. The lowest BCUT2D eigenvalue weighted by atomic mass is 9.72. The molecule has 3 heteroatoms. The standard InChI is InChI=1S/C26H38O3/c1-7-8-9-15-24(27)29-25(28)19-21(3)13-10-12-20(2)16-17-23-22(4)14-11-18-26(23,5)6/h10,12-13,16-17,19H,7-9,11,14-15,18H2,1-6H3/b13-10+,17-16+,20-12+,21-19+. The average Bonchev–Trinajstić information content (AvgIpc) is 2.60. The smallest absolute Gasteiger partial charge is 0.338 e. The Kier molecular flexibility index (Phi) is 10.6. The molecule has 0 bridgehead atoms. The molecule has 0 heterocycles. The molecule has 1 rings (SSSR count). The van der Waals surface area contributed by atoms with Gasteiger partial charge in [0.05, 0.1) is 0 Å². The van der Waals surface area contributed by atoms with Gasteiger partial charge in [-0.1, -0.05) is 75.1 Å². The first-order chi connectivity index (χ1) is 13.7. The van der Waals surface area contributed by atoms with Crippen LogP contribution in [0.4, 0.5) is 0 Å². The fourth-order valence-electron chi connectivity index (χ4n) is 3.58. The maximum atomic E-state index is 11.8. The molecule has 0 aromatic heterocycles. The van der Waals surface area contributed by atoms with Gasteiger partial charge in [0.1, 0.15) is 0 Å². The molecule has 160 valence electrons. The summed E-state index contributed by atoms with van der Waals surface area (Å²) in [5, 5.41) is 0. The van der Waals surface area contributed by atoms with Gasteiger partial charge in [0.15, 0.2) is 0 Å². The molecule has 1 aliphatic carbocycles. The molecule has 0 spiro atoms. The molecule has 0 aliphatic heterocycles. The second-order valence-corrected chi connectivity index (χ2v) is 8.67. The lowest BCUT2D eigenvalue weighted by Gasteiger charge is -2.32. The SMILES string of the molecule is CCCCCC(=O)OC(=O)/C=C(C)/C=C/C=C(C)/C=C/C1=C(C)CCCC1(C)C. The lowest BCUT2D eigenvalue weighted by Crippen LogP contribution is -2.19. The van der Waals surface area contributed by atoms with Crippen molar-refractivity contribution in [2.24, 2.45) is 5.41 Å². The number of allylic oxidation sites excluding steroid dienone is 9. The molecule has 0 aromatic carbocycles. The van der Waals surface area contributed by atoms with Crippen LogP contribution < -0.4 is 0 Å². The number of rotatable bonds is 9. The van der Waals surface area contributed by atoms with E-state index in [0.29, 0.717) is 6.42 Å². The lowest BCUT2D eigenvalue weighted by molar-refractivity contribution is -0.156. The molecule has 0 unspecified atom stereocenters. The Morgan fingerprint density at radius 1 is 1.10 bits per heavy atom. The minimum atomic E-state index is -0.601. The number of unbranched alkanes of at least 4 members (excludes halogenated alkanes) is 2. The summed E-state index contributed by atoms with van der Waals surface area (Å²) in [5.41, 5.74) is 5.06. The van der Waals surface area contributed by atoms with E-state index >= 15 is 0 Å². The van der Waals surface area contributed by atoms with Gasteiger partial charge in [-0.2, -0.15) is 0 Å². The van der Waals surface area contributed by atoms with Gasteiger partial charge in [-0.15, -0.1) is 0 Å². The van der Waals surface area contributed by atoms with E-state index in [4.69, 9.17) is 4.74 Å². The highest BCUT2D eigenvalue weighted by Gasteiger charge is 2.26. The third-order valence-corrected chi connectivity index (χ3v) is 5.32. The molecule has 0 N–H and O–H groups in total. The second-order valence-electron chi connectivity index (χ2n) is 8.67. The Labute approximate surface area is 177 Å². The third kappa shape index (κ3) is 9.74. The summed E-state index contributed by atoms with van der Waals surface area (Å²) in [5.74, 6) is -1.05. The molecular formula is C26H38O3. The normalized spacial score (nSPS) is 18.0. The highest BCUT2D eigenvalue weighted by atomic mass is 16.6. The van der Waals surface area contributed by atoms with Gasteiger partial charge >= 0.3 is 11.9 Å². The predicted octanol–water partition coefficient (Wildman–Crippen LogP) is 7.17. The summed E-state index contributed by atoms with van der Waals surface area (Å²) < 4.78 is 4.81. The van der Waals surface area contributed by atoms with Crippen molar-refractivity contribution >= 4 is 11.9 Å². The number of hydrogen-bond donors (Lipinski definition) is 0. The van der Waals surface area contributed by atoms with E-state index in [1.54, 1.807) is 0 Å². The number of hydrogen-bond acceptors (Lipinski definition) is 3. The van der Waals surface area contributed by atoms with E-state index in [0.717, 1.165) is 30.4 Å². The maximum Gasteiger partial charge on any atom is 0.338 e. The quantitative estimate of drug-likeness (QED) is 0.136. The number of esters is 2. The van der Waals surface area contributed by atoms with Crippen molar-refractivity contribution in [1.29, 1.82) is 0 Å². The van der Waals surface area contributed by atoms with E-state index in [-0.39, 0.29) is 5.41 Å². The van der Waals surface area contributed by atoms with Gasteiger partial charge in [0.2, 0.25) is 0 Å². The Balaban J connectivity index is 2.61. The molecule has 0 amide bonds. The molecule has 0 radical (unpaired) electrons. The molecule has 0 saturated heterocycles. The van der Waals surface area contributed by atoms with Crippen molar-refractivity contribution in [3.8, 4) is 0 Å². The number of carbonyl (C=O) groups is 2. The Morgan fingerprint density at radius 3 is 2.48 bits per heavy atom. The van der Waals surface area contributed by atoms with Crippen LogP contribution in [0.3, 0.4) is 0 Å². The van der Waals surface area contributed by atoms with Crippen molar-refractivity contribution in [2.45, 2.75) is 86.5 Å². The van der Waals surface area contributed by atoms with Crippen molar-refractivity contribution in [1.82, 2.24) is 0 Å². The van der Waals surface area contributed by atoms with Crippen molar-refractivity contribution < 1.29 is 14.3 Å². The van der Waals surface area contributed by atoms with Crippen molar-refractivity contribution in [3.05, 3.63) is 58.7 Å². The molecule has 1 aliphatic rings. The van der Waals surface area contributed by atoms with Crippen molar-refractivity contribution in [3.63, 3.8) is 0 Å². The van der Waals surface area contributed by atoms with Crippen LogP contribution in [0.5, 0.6) is 0 Å². The summed E-state index contributed by atoms with van der Waals surface area (Å²) in [6, 6.07) is 0. The maximum absolute atomic E-state index is 11.8. The van der Waals surface area contributed by atoms with Crippen LogP contribution in [-0.2, 0) is 14.3 Å². The van der Waals surface area contributed by atoms with Crippen LogP contribution in [0.25, 0.3) is 0 Å². The summed E-state index contributed by atoms with van der Waals surface area (Å²) in [7, 11) is 0. The van der Waals surface area contributed by atoms with Crippen LogP contribution in [0.15, 0.2) is 58.7 Å². The zero-order valence-electron chi connectivity index (χ0n) is 19.1. The Hall–Kier alpha value is -2.16.